The van der Waals surface area contributed by atoms with Gasteiger partial charge in [0.15, 0.2) is 0 Å². The molecule has 0 aliphatic carbocycles. The summed E-state index contributed by atoms with van der Waals surface area (Å²) in [5.74, 6) is 0.835. The third-order valence-corrected chi connectivity index (χ3v) is 4.78. The number of nitrogens with two attached hydrogens (primary N) is 1. The Morgan fingerprint density at radius 2 is 1.86 bits per heavy atom. The van der Waals surface area contributed by atoms with Gasteiger partial charge in [0.1, 0.15) is 24.7 Å². The lowest BCUT2D eigenvalue weighted by atomic mass is 9.95. The molecular weight excluding hydrogens is 354 g/mol. The molecule has 1 aliphatic heterocycles. The van der Waals surface area contributed by atoms with Gasteiger partial charge in [-0.2, -0.15) is 10.1 Å². The number of hydrogen-bond acceptors (Lipinski definition) is 5. The quantitative estimate of drug-likeness (QED) is 0.715. The van der Waals surface area contributed by atoms with Crippen molar-refractivity contribution < 1.29 is 9.53 Å². The van der Waals surface area contributed by atoms with E-state index in [1.165, 1.54) is 11.9 Å². The summed E-state index contributed by atoms with van der Waals surface area (Å²) in [4.78, 5) is 16.3. The molecule has 0 saturated carbocycles. The minimum atomic E-state index is -0.490. The van der Waals surface area contributed by atoms with E-state index in [1.807, 2.05) is 31.2 Å². The minimum absolute atomic E-state index is 0.428. The number of nitrogens with zero attached hydrogens (tertiary/aromatic N) is 3. The van der Waals surface area contributed by atoms with Gasteiger partial charge in [-0.05, 0) is 37.1 Å². The first-order chi connectivity index (χ1) is 13.5. The molecule has 0 radical (unpaired) electrons. The number of anilines is 1. The van der Waals surface area contributed by atoms with E-state index in [9.17, 15) is 4.79 Å². The minimum Gasteiger partial charge on any atom is -0.489 e. The number of carbonyl (C=O) groups excluding carboxylic acids is 1. The average molecular weight is 375 g/mol. The van der Waals surface area contributed by atoms with Crippen LogP contribution in [0.15, 0.2) is 66.1 Å². The molecule has 0 fully saturated rings. The summed E-state index contributed by atoms with van der Waals surface area (Å²) in [6.45, 7) is 4.36. The molecule has 1 amide bonds. The van der Waals surface area contributed by atoms with Crippen molar-refractivity contribution in [2.75, 3.05) is 5.32 Å². The van der Waals surface area contributed by atoms with Gasteiger partial charge in [0.05, 0.1) is 5.57 Å². The fourth-order valence-corrected chi connectivity index (χ4v) is 3.32. The zero-order valence-corrected chi connectivity index (χ0v) is 15.7. The number of ether oxygens (including phenoxy) is 1. The predicted molar refractivity (Wildman–Crippen MR) is 106 cm³/mol. The highest BCUT2D eigenvalue weighted by Gasteiger charge is 2.32. The normalized spacial score (nSPS) is 15.7. The molecular formula is C21H21N5O2. The molecule has 0 bridgehead atoms. The standard InChI is InChI=1S/C21H21N5O2/c1-13-3-5-15(6-4-13)11-28-17-9-7-16(8-10-17)19-18(20(22)27)14(2)25-21-23-12-24-26(19)21/h3-10,12,19H,11H2,1-2H3,(H2,22,27)(H,23,24,25). The molecule has 3 N–H and O–H groups in total. The van der Waals surface area contributed by atoms with E-state index in [1.54, 1.807) is 4.68 Å². The molecule has 28 heavy (non-hydrogen) atoms. The van der Waals surface area contributed by atoms with E-state index in [4.69, 9.17) is 10.5 Å². The summed E-state index contributed by atoms with van der Waals surface area (Å²) in [7, 11) is 0. The predicted octanol–water partition coefficient (Wildman–Crippen LogP) is 2.94. The molecule has 1 aliphatic rings. The number of amides is 1. The molecule has 1 unspecified atom stereocenters. The Bertz CT molecular complexity index is 1040. The van der Waals surface area contributed by atoms with Crippen LogP contribution in [0.5, 0.6) is 5.75 Å². The summed E-state index contributed by atoms with van der Waals surface area (Å²) in [5.41, 5.74) is 9.99. The second-order valence-electron chi connectivity index (χ2n) is 6.80. The average Bonchev–Trinajstić information content (AvgIpc) is 3.14. The Kier molecular flexibility index (Phi) is 4.57. The molecule has 0 spiro atoms. The van der Waals surface area contributed by atoms with Crippen LogP contribution in [-0.2, 0) is 11.4 Å². The van der Waals surface area contributed by atoms with Crippen molar-refractivity contribution in [3.63, 3.8) is 0 Å². The second kappa shape index (κ2) is 7.19. The Morgan fingerprint density at radius 3 is 2.54 bits per heavy atom. The number of aryl methyl sites for hydroxylation is 1. The number of aromatic nitrogens is 3. The van der Waals surface area contributed by atoms with Gasteiger partial charge in [0, 0.05) is 5.70 Å². The maximum Gasteiger partial charge on any atom is 0.248 e. The van der Waals surface area contributed by atoms with Crippen LogP contribution in [0.1, 0.15) is 29.7 Å². The zero-order chi connectivity index (χ0) is 19.7. The largest absolute Gasteiger partial charge is 0.489 e. The first kappa shape index (κ1) is 17.8. The van der Waals surface area contributed by atoms with Gasteiger partial charge in [-0.3, -0.25) is 4.79 Å². The summed E-state index contributed by atoms with van der Waals surface area (Å²) >= 11 is 0. The van der Waals surface area contributed by atoms with Crippen LogP contribution < -0.4 is 15.8 Å². The van der Waals surface area contributed by atoms with Crippen molar-refractivity contribution >= 4 is 11.9 Å². The van der Waals surface area contributed by atoms with Crippen LogP contribution in [0.3, 0.4) is 0 Å². The van der Waals surface area contributed by atoms with Crippen LogP contribution in [-0.4, -0.2) is 20.7 Å². The lowest BCUT2D eigenvalue weighted by Crippen LogP contribution is -2.31. The third-order valence-electron chi connectivity index (χ3n) is 4.78. The number of carbonyl (C=O) groups is 1. The van der Waals surface area contributed by atoms with Crippen LogP contribution in [0.2, 0.25) is 0 Å². The Morgan fingerprint density at radius 1 is 1.14 bits per heavy atom. The van der Waals surface area contributed by atoms with E-state index < -0.39 is 11.9 Å². The molecule has 142 valence electrons. The molecule has 4 rings (SSSR count). The second-order valence-corrected chi connectivity index (χ2v) is 6.80. The van der Waals surface area contributed by atoms with E-state index in [-0.39, 0.29) is 0 Å². The third kappa shape index (κ3) is 3.34. The van der Waals surface area contributed by atoms with Crippen molar-refractivity contribution in [3.05, 3.63) is 82.8 Å². The molecule has 1 aromatic heterocycles. The fourth-order valence-electron chi connectivity index (χ4n) is 3.32. The molecule has 3 aromatic rings. The van der Waals surface area contributed by atoms with Gasteiger partial charge in [0.2, 0.25) is 11.9 Å². The van der Waals surface area contributed by atoms with Gasteiger partial charge in [-0.1, -0.05) is 42.0 Å². The van der Waals surface area contributed by atoms with E-state index in [0.29, 0.717) is 23.8 Å². The SMILES string of the molecule is CC1=C(C(N)=O)C(c2ccc(OCc3ccc(C)cc3)cc2)n2ncnc2N1. The van der Waals surface area contributed by atoms with Crippen LogP contribution in [0, 0.1) is 6.92 Å². The van der Waals surface area contributed by atoms with Crippen LogP contribution >= 0.6 is 0 Å². The van der Waals surface area contributed by atoms with Crippen molar-refractivity contribution in [2.24, 2.45) is 5.73 Å². The highest BCUT2D eigenvalue weighted by molar-refractivity contribution is 5.95. The number of rotatable bonds is 5. The van der Waals surface area contributed by atoms with Crippen LogP contribution in [0.4, 0.5) is 5.95 Å². The summed E-state index contributed by atoms with van der Waals surface area (Å²) < 4.78 is 7.54. The van der Waals surface area contributed by atoms with Gasteiger partial charge in [0.25, 0.3) is 0 Å². The maximum absolute atomic E-state index is 12.1. The first-order valence-corrected chi connectivity index (χ1v) is 8.98. The van der Waals surface area contributed by atoms with E-state index >= 15 is 0 Å². The van der Waals surface area contributed by atoms with E-state index in [0.717, 1.165) is 16.9 Å². The smallest absolute Gasteiger partial charge is 0.248 e. The molecule has 7 nitrogen and oxygen atoms in total. The first-order valence-electron chi connectivity index (χ1n) is 8.98. The molecule has 7 heteroatoms. The lowest BCUT2D eigenvalue weighted by molar-refractivity contribution is -0.115. The number of primary amides is 1. The molecule has 0 saturated heterocycles. The fraction of sp³-hybridized carbons (Fsp3) is 0.190. The summed E-state index contributed by atoms with van der Waals surface area (Å²) in [6.07, 6.45) is 1.45. The number of benzene rings is 2. The number of allylic oxidation sites excluding steroid dienone is 1. The zero-order valence-electron chi connectivity index (χ0n) is 15.7. The summed E-state index contributed by atoms with van der Waals surface area (Å²) in [5, 5.41) is 7.33. The van der Waals surface area contributed by atoms with E-state index in [2.05, 4.69) is 46.6 Å². The lowest BCUT2D eigenvalue weighted by Gasteiger charge is -2.27. The topological polar surface area (TPSA) is 95.1 Å². The Hall–Kier alpha value is -3.61. The number of hydrogen-bond donors (Lipinski definition) is 2. The van der Waals surface area contributed by atoms with Crippen molar-refractivity contribution in [3.8, 4) is 5.75 Å². The molecule has 1 atom stereocenters. The highest BCUT2D eigenvalue weighted by atomic mass is 16.5. The number of nitrogens with one attached hydrogen (secondary N) is 1. The van der Waals surface area contributed by atoms with Gasteiger partial charge >= 0.3 is 0 Å². The molecule has 2 heterocycles. The Labute approximate surface area is 162 Å². The van der Waals surface area contributed by atoms with Crippen molar-refractivity contribution in [1.82, 2.24) is 14.8 Å². The highest BCUT2D eigenvalue weighted by Crippen LogP contribution is 2.34. The molecule has 2 aromatic carbocycles. The monoisotopic (exact) mass is 375 g/mol. The maximum atomic E-state index is 12.1. The van der Waals surface area contributed by atoms with Gasteiger partial charge < -0.3 is 15.8 Å². The summed E-state index contributed by atoms with van der Waals surface area (Å²) in [6, 6.07) is 15.4. The van der Waals surface area contributed by atoms with Crippen molar-refractivity contribution in [2.45, 2.75) is 26.5 Å². The Balaban J connectivity index is 1.57. The van der Waals surface area contributed by atoms with Gasteiger partial charge in [-0.15, -0.1) is 0 Å². The number of fused-ring (bicyclic) bond motifs is 1. The van der Waals surface area contributed by atoms with Gasteiger partial charge in [-0.25, -0.2) is 4.68 Å². The van der Waals surface area contributed by atoms with Crippen molar-refractivity contribution in [1.29, 1.82) is 0 Å². The van der Waals surface area contributed by atoms with Crippen LogP contribution in [0.25, 0.3) is 0 Å².